The van der Waals surface area contributed by atoms with Gasteiger partial charge in [0.2, 0.25) is 11.8 Å². The van der Waals surface area contributed by atoms with E-state index in [0.717, 1.165) is 26.2 Å². The second kappa shape index (κ2) is 9.13. The van der Waals surface area contributed by atoms with E-state index >= 15 is 0 Å². The Bertz CT molecular complexity index is 1100. The summed E-state index contributed by atoms with van der Waals surface area (Å²) < 4.78 is 6.58. The Labute approximate surface area is 179 Å². The number of hydrogen-bond acceptors (Lipinski definition) is 5. The molecule has 0 spiro atoms. The molecule has 3 aromatic rings. The predicted octanol–water partition coefficient (Wildman–Crippen LogP) is 3.42. The molecule has 0 unspecified atom stereocenters. The fourth-order valence-electron chi connectivity index (χ4n) is 3.40. The third-order valence-corrected chi connectivity index (χ3v) is 6.16. The molecular weight excluding hydrogens is 402 g/mol. The number of carbonyl (C=O) groups excluding carboxylic acids is 3. The van der Waals surface area contributed by atoms with Gasteiger partial charge in [0.1, 0.15) is 11.4 Å². The van der Waals surface area contributed by atoms with Crippen LogP contribution in [-0.4, -0.2) is 36.0 Å². The number of nitrogens with zero attached hydrogens (tertiary/aromatic N) is 1. The summed E-state index contributed by atoms with van der Waals surface area (Å²) in [5.41, 5.74) is 2.67. The van der Waals surface area contributed by atoms with Crippen LogP contribution in [0.3, 0.4) is 0 Å². The first-order valence-electron chi connectivity index (χ1n) is 9.62. The van der Waals surface area contributed by atoms with Crippen LogP contribution in [0.2, 0.25) is 0 Å². The van der Waals surface area contributed by atoms with E-state index in [1.165, 1.54) is 25.4 Å². The summed E-state index contributed by atoms with van der Waals surface area (Å²) in [5.74, 6) is -1.11. The van der Waals surface area contributed by atoms with Crippen molar-refractivity contribution in [3.63, 3.8) is 0 Å². The zero-order chi connectivity index (χ0) is 21.8. The molecule has 2 heterocycles. The first-order chi connectivity index (χ1) is 14.3. The van der Waals surface area contributed by atoms with Crippen molar-refractivity contribution in [2.45, 2.75) is 33.7 Å². The number of amides is 2. The van der Waals surface area contributed by atoms with Crippen LogP contribution in [-0.2, 0) is 27.3 Å². The first kappa shape index (κ1) is 21.6. The van der Waals surface area contributed by atoms with Gasteiger partial charge in [-0.3, -0.25) is 9.59 Å². The van der Waals surface area contributed by atoms with Crippen LogP contribution in [0.15, 0.2) is 30.3 Å². The third kappa shape index (κ3) is 4.38. The molecular formula is C22H25N3O4S. The molecule has 0 fully saturated rings. The van der Waals surface area contributed by atoms with Crippen molar-refractivity contribution in [2.75, 3.05) is 19.0 Å². The van der Waals surface area contributed by atoms with Gasteiger partial charge in [0, 0.05) is 23.7 Å². The monoisotopic (exact) mass is 427 g/mol. The molecule has 2 amide bonds. The molecule has 158 valence electrons. The lowest BCUT2D eigenvalue weighted by molar-refractivity contribution is -0.121. The van der Waals surface area contributed by atoms with Crippen LogP contribution >= 0.6 is 11.3 Å². The highest BCUT2D eigenvalue weighted by Gasteiger charge is 2.28. The molecule has 0 bridgehead atoms. The number of ether oxygens (including phenoxy) is 1. The summed E-state index contributed by atoms with van der Waals surface area (Å²) in [6, 6.07) is 9.88. The van der Waals surface area contributed by atoms with E-state index in [4.69, 9.17) is 4.74 Å². The van der Waals surface area contributed by atoms with Crippen molar-refractivity contribution in [1.82, 2.24) is 9.88 Å². The largest absolute Gasteiger partial charge is 0.464 e. The lowest BCUT2D eigenvalue weighted by Crippen LogP contribution is -2.30. The van der Waals surface area contributed by atoms with E-state index in [1.54, 1.807) is 4.57 Å². The van der Waals surface area contributed by atoms with Crippen molar-refractivity contribution < 1.29 is 19.1 Å². The van der Waals surface area contributed by atoms with Gasteiger partial charge in [0.15, 0.2) is 5.69 Å². The van der Waals surface area contributed by atoms with E-state index in [0.29, 0.717) is 18.7 Å². The van der Waals surface area contributed by atoms with E-state index in [1.807, 2.05) is 44.2 Å². The average Bonchev–Trinajstić information content (AvgIpc) is 3.16. The van der Waals surface area contributed by atoms with Crippen molar-refractivity contribution >= 4 is 45.0 Å². The Morgan fingerprint density at radius 3 is 2.47 bits per heavy atom. The summed E-state index contributed by atoms with van der Waals surface area (Å²) in [4.78, 5) is 38.8. The minimum Gasteiger partial charge on any atom is -0.464 e. The molecule has 7 nitrogen and oxygen atoms in total. The SMILES string of the molecule is COC(=O)c1c(NC(C)=O)c2c(C)c(C)sc2n1CC(=O)NCCc1ccccc1. The topological polar surface area (TPSA) is 89.4 Å². The highest BCUT2D eigenvalue weighted by Crippen LogP contribution is 2.40. The maximum atomic E-state index is 12.7. The summed E-state index contributed by atoms with van der Waals surface area (Å²) in [6.07, 6.45) is 0.714. The average molecular weight is 428 g/mol. The first-order valence-corrected chi connectivity index (χ1v) is 10.4. The van der Waals surface area contributed by atoms with Gasteiger partial charge in [0.25, 0.3) is 0 Å². The minimum absolute atomic E-state index is 0.0469. The van der Waals surface area contributed by atoms with Crippen LogP contribution in [0.5, 0.6) is 0 Å². The number of thiophene rings is 1. The molecule has 0 aliphatic heterocycles. The van der Waals surface area contributed by atoms with Gasteiger partial charge in [-0.2, -0.15) is 0 Å². The van der Waals surface area contributed by atoms with Gasteiger partial charge in [0.05, 0.1) is 12.8 Å². The maximum absolute atomic E-state index is 12.7. The highest BCUT2D eigenvalue weighted by molar-refractivity contribution is 7.19. The third-order valence-electron chi connectivity index (χ3n) is 4.93. The Morgan fingerprint density at radius 2 is 1.83 bits per heavy atom. The van der Waals surface area contributed by atoms with Gasteiger partial charge >= 0.3 is 5.97 Å². The fourth-order valence-corrected chi connectivity index (χ4v) is 4.56. The lowest BCUT2D eigenvalue weighted by Gasteiger charge is -2.11. The molecule has 1 aromatic carbocycles. The maximum Gasteiger partial charge on any atom is 0.356 e. The summed E-state index contributed by atoms with van der Waals surface area (Å²) >= 11 is 1.48. The fraction of sp³-hybridized carbons (Fsp3) is 0.318. The van der Waals surface area contributed by atoms with E-state index in [9.17, 15) is 14.4 Å². The Morgan fingerprint density at radius 1 is 1.13 bits per heavy atom. The number of anilines is 1. The molecule has 2 N–H and O–H groups in total. The number of aromatic nitrogens is 1. The van der Waals surface area contributed by atoms with E-state index in [-0.39, 0.29) is 24.1 Å². The van der Waals surface area contributed by atoms with Crippen molar-refractivity contribution in [3.05, 3.63) is 52.0 Å². The van der Waals surface area contributed by atoms with Crippen LogP contribution in [0.1, 0.15) is 33.4 Å². The Balaban J connectivity index is 1.91. The molecule has 2 aromatic heterocycles. The normalized spacial score (nSPS) is 10.8. The second-order valence-corrected chi connectivity index (χ2v) is 8.23. The zero-order valence-corrected chi connectivity index (χ0v) is 18.3. The smallest absolute Gasteiger partial charge is 0.356 e. The van der Waals surface area contributed by atoms with Crippen LogP contribution in [0.25, 0.3) is 10.2 Å². The molecule has 0 saturated carbocycles. The highest BCUT2D eigenvalue weighted by atomic mass is 32.1. The summed E-state index contributed by atoms with van der Waals surface area (Å²) in [7, 11) is 1.28. The van der Waals surface area contributed by atoms with Gasteiger partial charge < -0.3 is 19.9 Å². The second-order valence-electron chi connectivity index (χ2n) is 7.03. The van der Waals surface area contributed by atoms with Crippen LogP contribution < -0.4 is 10.6 Å². The molecule has 0 atom stereocenters. The Hall–Kier alpha value is -3.13. The Kier molecular flexibility index (Phi) is 6.56. The quantitative estimate of drug-likeness (QED) is 0.566. The number of rotatable bonds is 7. The van der Waals surface area contributed by atoms with Crippen LogP contribution in [0.4, 0.5) is 5.69 Å². The van der Waals surface area contributed by atoms with Crippen molar-refractivity contribution in [2.24, 2.45) is 0 Å². The number of benzene rings is 1. The van der Waals surface area contributed by atoms with Gasteiger partial charge in [-0.05, 0) is 31.4 Å². The number of fused-ring (bicyclic) bond motifs is 1. The minimum atomic E-state index is -0.601. The number of nitrogens with one attached hydrogen (secondary N) is 2. The molecule has 0 radical (unpaired) electrons. The van der Waals surface area contributed by atoms with Crippen molar-refractivity contribution in [3.8, 4) is 0 Å². The lowest BCUT2D eigenvalue weighted by atomic mass is 10.1. The number of methoxy groups -OCH3 is 1. The van der Waals surface area contributed by atoms with Crippen molar-refractivity contribution in [1.29, 1.82) is 0 Å². The van der Waals surface area contributed by atoms with Gasteiger partial charge in [-0.15, -0.1) is 11.3 Å². The van der Waals surface area contributed by atoms with Gasteiger partial charge in [-0.25, -0.2) is 4.79 Å². The molecule has 30 heavy (non-hydrogen) atoms. The summed E-state index contributed by atoms with van der Waals surface area (Å²) in [6.45, 7) is 5.73. The van der Waals surface area contributed by atoms with E-state index < -0.39 is 5.97 Å². The molecule has 0 aliphatic carbocycles. The number of carbonyl (C=O) groups is 3. The molecule has 0 aliphatic rings. The number of hydrogen-bond donors (Lipinski definition) is 2. The zero-order valence-electron chi connectivity index (χ0n) is 17.5. The summed E-state index contributed by atoms with van der Waals surface area (Å²) in [5, 5.41) is 6.43. The number of aryl methyl sites for hydroxylation is 2. The van der Waals surface area contributed by atoms with E-state index in [2.05, 4.69) is 10.6 Å². The standard InChI is InChI=1S/C22H25N3O4S/c1-13-14(2)30-21-18(13)19(24-15(3)26)20(22(28)29-4)25(21)12-17(27)23-11-10-16-8-6-5-7-9-16/h5-9H,10-12H2,1-4H3,(H,23,27)(H,24,26). The number of esters is 1. The predicted molar refractivity (Wildman–Crippen MR) is 118 cm³/mol. The molecule has 8 heteroatoms. The van der Waals surface area contributed by atoms with Gasteiger partial charge in [-0.1, -0.05) is 30.3 Å². The molecule has 0 saturated heterocycles. The molecule has 3 rings (SSSR count). The van der Waals surface area contributed by atoms with Crippen LogP contribution in [0, 0.1) is 13.8 Å².